The number of imidazole rings is 1. The first-order chi connectivity index (χ1) is 10.3. The van der Waals surface area contributed by atoms with E-state index in [0.717, 1.165) is 28.1 Å². The molecule has 0 aliphatic heterocycles. The molecule has 4 aromatic rings. The first-order valence-electron chi connectivity index (χ1n) is 6.98. The van der Waals surface area contributed by atoms with Gasteiger partial charge in [0, 0.05) is 30.7 Å². The number of fused-ring (bicyclic) bond motifs is 1. The van der Waals surface area contributed by atoms with Crippen LogP contribution in [0.4, 0.5) is 0 Å². The molecular weight excluding hydrogens is 258 g/mol. The molecule has 0 aliphatic carbocycles. The lowest BCUT2D eigenvalue weighted by atomic mass is 10.2. The summed E-state index contributed by atoms with van der Waals surface area (Å²) in [4.78, 5) is 4.76. The van der Waals surface area contributed by atoms with Crippen LogP contribution in [-0.2, 0) is 7.05 Å². The summed E-state index contributed by atoms with van der Waals surface area (Å²) in [6, 6.07) is 20.7. The summed E-state index contributed by atoms with van der Waals surface area (Å²) in [5.41, 5.74) is 4.45. The molecule has 2 aromatic heterocycles. The second-order valence-corrected chi connectivity index (χ2v) is 5.12. The van der Waals surface area contributed by atoms with Crippen LogP contribution in [0.15, 0.2) is 73.1 Å². The highest BCUT2D eigenvalue weighted by Gasteiger charge is 2.09. The van der Waals surface area contributed by atoms with Crippen molar-refractivity contribution in [2.75, 3.05) is 0 Å². The van der Waals surface area contributed by atoms with E-state index in [1.807, 2.05) is 36.7 Å². The highest BCUT2D eigenvalue weighted by atomic mass is 15.1. The van der Waals surface area contributed by atoms with Crippen LogP contribution in [0.3, 0.4) is 0 Å². The molecule has 0 amide bonds. The summed E-state index contributed by atoms with van der Waals surface area (Å²) >= 11 is 0. The third-order valence-electron chi connectivity index (χ3n) is 3.79. The third kappa shape index (κ3) is 1.94. The highest BCUT2D eigenvalue weighted by Crippen LogP contribution is 2.25. The molecule has 102 valence electrons. The maximum absolute atomic E-state index is 4.76. The van der Waals surface area contributed by atoms with Crippen LogP contribution in [0, 0.1) is 0 Å². The van der Waals surface area contributed by atoms with Gasteiger partial charge >= 0.3 is 0 Å². The minimum absolute atomic E-state index is 0.991. The molecule has 4 rings (SSSR count). The second-order valence-electron chi connectivity index (χ2n) is 5.12. The molecule has 21 heavy (non-hydrogen) atoms. The fourth-order valence-electron chi connectivity index (χ4n) is 2.72. The predicted molar refractivity (Wildman–Crippen MR) is 85.5 cm³/mol. The van der Waals surface area contributed by atoms with Gasteiger partial charge in [-0.1, -0.05) is 24.3 Å². The Morgan fingerprint density at radius 2 is 1.67 bits per heavy atom. The minimum Gasteiger partial charge on any atom is -0.327 e. The number of aromatic nitrogens is 3. The van der Waals surface area contributed by atoms with Gasteiger partial charge in [-0.15, -0.1) is 0 Å². The number of nitrogens with zero attached hydrogens (tertiary/aromatic N) is 3. The Bertz CT molecular complexity index is 901. The number of benzene rings is 2. The van der Waals surface area contributed by atoms with Crippen LogP contribution in [-0.4, -0.2) is 14.1 Å². The van der Waals surface area contributed by atoms with Crippen molar-refractivity contribution in [3.05, 3.63) is 73.1 Å². The highest BCUT2D eigenvalue weighted by molar-refractivity contribution is 5.80. The summed E-state index contributed by atoms with van der Waals surface area (Å²) in [7, 11) is 2.06. The molecule has 0 unspecified atom stereocenters. The summed E-state index contributed by atoms with van der Waals surface area (Å²) in [6.07, 6.45) is 4.10. The average Bonchev–Trinajstić information content (AvgIpc) is 3.16. The van der Waals surface area contributed by atoms with Gasteiger partial charge in [0.15, 0.2) is 0 Å². The lowest BCUT2D eigenvalue weighted by Gasteiger charge is -2.07. The number of hydrogen-bond acceptors (Lipinski definition) is 1. The van der Waals surface area contributed by atoms with Crippen molar-refractivity contribution in [1.82, 2.24) is 14.1 Å². The Morgan fingerprint density at radius 3 is 2.48 bits per heavy atom. The summed E-state index contributed by atoms with van der Waals surface area (Å²) in [5.74, 6) is 0.991. The second kappa shape index (κ2) is 4.63. The molecule has 0 aliphatic rings. The molecule has 0 saturated heterocycles. The maximum Gasteiger partial charge on any atom is 0.140 e. The normalized spacial score (nSPS) is 11.1. The Labute approximate surface area is 123 Å². The predicted octanol–water partition coefficient (Wildman–Crippen LogP) is 4.03. The lowest BCUT2D eigenvalue weighted by Crippen LogP contribution is -1.94. The van der Waals surface area contributed by atoms with E-state index in [9.17, 15) is 0 Å². The van der Waals surface area contributed by atoms with Crippen LogP contribution in [0.5, 0.6) is 0 Å². The van der Waals surface area contributed by atoms with Gasteiger partial charge in [0.1, 0.15) is 5.82 Å². The van der Waals surface area contributed by atoms with Crippen LogP contribution in [0.1, 0.15) is 0 Å². The Kier molecular flexibility index (Phi) is 2.64. The minimum atomic E-state index is 0.991. The first-order valence-corrected chi connectivity index (χ1v) is 6.98. The number of hydrogen-bond donors (Lipinski definition) is 0. The SMILES string of the molecule is Cn1c(-c2cccc(-n3cccc3)c2)nc2ccccc21. The smallest absolute Gasteiger partial charge is 0.140 e. The van der Waals surface area contributed by atoms with E-state index in [1.54, 1.807) is 0 Å². The van der Waals surface area contributed by atoms with Crippen LogP contribution in [0.25, 0.3) is 28.1 Å². The summed E-state index contributed by atoms with van der Waals surface area (Å²) in [6.45, 7) is 0. The van der Waals surface area contributed by atoms with Crippen molar-refractivity contribution < 1.29 is 0 Å². The number of rotatable bonds is 2. The van der Waals surface area contributed by atoms with Crippen molar-refractivity contribution in [2.24, 2.45) is 7.05 Å². The maximum atomic E-state index is 4.76. The lowest BCUT2D eigenvalue weighted by molar-refractivity contribution is 0.958. The molecule has 0 N–H and O–H groups in total. The van der Waals surface area contributed by atoms with E-state index in [0.29, 0.717) is 0 Å². The van der Waals surface area contributed by atoms with E-state index in [1.165, 1.54) is 0 Å². The van der Waals surface area contributed by atoms with E-state index in [-0.39, 0.29) is 0 Å². The summed E-state index contributed by atoms with van der Waals surface area (Å²) in [5, 5.41) is 0. The summed E-state index contributed by atoms with van der Waals surface area (Å²) < 4.78 is 4.25. The largest absolute Gasteiger partial charge is 0.327 e. The van der Waals surface area contributed by atoms with Gasteiger partial charge < -0.3 is 9.13 Å². The average molecular weight is 273 g/mol. The fraction of sp³-hybridized carbons (Fsp3) is 0.0556. The molecule has 0 bridgehead atoms. The van der Waals surface area contributed by atoms with Gasteiger partial charge in [0.05, 0.1) is 11.0 Å². The van der Waals surface area contributed by atoms with E-state index in [4.69, 9.17) is 4.98 Å². The van der Waals surface area contributed by atoms with E-state index >= 15 is 0 Å². The molecule has 0 saturated carbocycles. The van der Waals surface area contributed by atoms with Crippen LogP contribution in [0.2, 0.25) is 0 Å². The zero-order valence-electron chi connectivity index (χ0n) is 11.8. The van der Waals surface area contributed by atoms with Crippen molar-refractivity contribution in [1.29, 1.82) is 0 Å². The Hall–Kier alpha value is -2.81. The number of aryl methyl sites for hydroxylation is 1. The molecule has 3 nitrogen and oxygen atoms in total. The Morgan fingerprint density at radius 1 is 0.857 bits per heavy atom. The van der Waals surface area contributed by atoms with Crippen molar-refractivity contribution in [3.8, 4) is 17.1 Å². The van der Waals surface area contributed by atoms with E-state index < -0.39 is 0 Å². The first kappa shape index (κ1) is 12.0. The molecule has 3 heteroatoms. The standard InChI is InChI=1S/C18H15N3/c1-20-17-10-3-2-9-16(17)19-18(20)14-7-6-8-15(13-14)21-11-4-5-12-21/h2-13H,1H3. The molecule has 0 atom stereocenters. The van der Waals surface area contributed by atoms with Gasteiger partial charge in [-0.2, -0.15) is 0 Å². The zero-order chi connectivity index (χ0) is 14.2. The quantitative estimate of drug-likeness (QED) is 0.540. The molecule has 2 aromatic carbocycles. The molecule has 0 radical (unpaired) electrons. The van der Waals surface area contributed by atoms with Gasteiger partial charge in [0.2, 0.25) is 0 Å². The Balaban J connectivity index is 1.89. The molecule has 2 heterocycles. The van der Waals surface area contributed by atoms with Crippen molar-refractivity contribution in [3.63, 3.8) is 0 Å². The third-order valence-corrected chi connectivity index (χ3v) is 3.79. The molecule has 0 fully saturated rings. The fourth-order valence-corrected chi connectivity index (χ4v) is 2.72. The van der Waals surface area contributed by atoms with Gasteiger partial charge in [0.25, 0.3) is 0 Å². The van der Waals surface area contributed by atoms with Crippen molar-refractivity contribution in [2.45, 2.75) is 0 Å². The van der Waals surface area contributed by atoms with Gasteiger partial charge in [-0.05, 0) is 36.4 Å². The topological polar surface area (TPSA) is 22.8 Å². The molecular formula is C18H15N3. The molecule has 0 spiro atoms. The van der Waals surface area contributed by atoms with E-state index in [2.05, 4.69) is 52.6 Å². The zero-order valence-corrected chi connectivity index (χ0v) is 11.8. The number of para-hydroxylation sites is 2. The van der Waals surface area contributed by atoms with Gasteiger partial charge in [-0.25, -0.2) is 4.98 Å². The van der Waals surface area contributed by atoms with Crippen LogP contribution >= 0.6 is 0 Å². The van der Waals surface area contributed by atoms with Gasteiger partial charge in [-0.3, -0.25) is 0 Å². The van der Waals surface area contributed by atoms with Crippen LogP contribution < -0.4 is 0 Å². The van der Waals surface area contributed by atoms with Crippen molar-refractivity contribution >= 4 is 11.0 Å². The monoisotopic (exact) mass is 273 g/mol.